The second-order valence-corrected chi connectivity index (χ2v) is 4.22. The summed E-state index contributed by atoms with van der Waals surface area (Å²) >= 11 is 0. The van der Waals surface area contributed by atoms with Gasteiger partial charge in [-0.25, -0.2) is 14.6 Å². The topological polar surface area (TPSA) is 78.9 Å². The molecule has 2 aromatic rings. The molecule has 0 amide bonds. The first kappa shape index (κ1) is 9.78. The van der Waals surface area contributed by atoms with Crippen molar-refractivity contribution in [3.63, 3.8) is 0 Å². The second-order valence-electron chi connectivity index (χ2n) is 3.99. The van der Waals surface area contributed by atoms with Crippen molar-refractivity contribution in [1.29, 1.82) is 0 Å². The number of nitrogens with two attached hydrogens (primary N) is 1. The van der Waals surface area contributed by atoms with Crippen LogP contribution in [-0.2, 0) is 7.05 Å². The van der Waals surface area contributed by atoms with E-state index in [4.69, 9.17) is 10.3 Å². The van der Waals surface area contributed by atoms with Gasteiger partial charge in [0.25, 0.3) is 0 Å². The zero-order valence-electron chi connectivity index (χ0n) is 8.84. The Morgan fingerprint density at radius 2 is 2.12 bits per heavy atom. The van der Waals surface area contributed by atoms with Crippen molar-refractivity contribution in [1.82, 2.24) is 19.7 Å². The van der Waals surface area contributed by atoms with Crippen LogP contribution in [-0.4, -0.2) is 19.7 Å². The van der Waals surface area contributed by atoms with Crippen LogP contribution in [0.2, 0.25) is 0 Å². The minimum atomic E-state index is 0.427. The minimum Gasteiger partial charge on any atom is -0.462 e. The monoisotopic (exact) mass is 237 g/mol. The highest BCUT2D eigenvalue weighted by Gasteiger charge is 2.28. The summed E-state index contributed by atoms with van der Waals surface area (Å²) in [5.74, 6) is 2.29. The summed E-state index contributed by atoms with van der Waals surface area (Å²) in [6.45, 7) is 0. The zero-order chi connectivity index (χ0) is 11.3. The molecule has 1 fully saturated rings. The zero-order valence-corrected chi connectivity index (χ0v) is 10.00. The molecule has 2 heterocycles. The van der Waals surface area contributed by atoms with Crippen LogP contribution in [0.3, 0.4) is 0 Å². The summed E-state index contributed by atoms with van der Waals surface area (Å²) in [7, 11) is 3.99. The standard InChI is InChI=1S/C9H12N5OP/c1-14-9(15-16)6-5(13-14)7(10)12-8(11-6)4-2-3-4/h4H,2-3,16H2,1H3,(H2,10,11,12). The van der Waals surface area contributed by atoms with Crippen LogP contribution in [0.25, 0.3) is 11.0 Å². The predicted molar refractivity (Wildman–Crippen MR) is 63.0 cm³/mol. The summed E-state index contributed by atoms with van der Waals surface area (Å²) in [4.78, 5) is 8.76. The number of hydrogen-bond donors (Lipinski definition) is 1. The Hall–Kier alpha value is -1.42. The Balaban J connectivity index is 2.29. The third-order valence-corrected chi connectivity index (χ3v) is 2.95. The third-order valence-electron chi connectivity index (χ3n) is 2.73. The normalized spacial score (nSPS) is 15.6. The van der Waals surface area contributed by atoms with Gasteiger partial charge in [0.2, 0.25) is 5.88 Å². The molecule has 0 bridgehead atoms. The maximum Gasteiger partial charge on any atom is 0.241 e. The maximum atomic E-state index is 5.87. The number of aromatic nitrogens is 4. The van der Waals surface area contributed by atoms with Gasteiger partial charge in [-0.05, 0) is 12.8 Å². The molecule has 7 heteroatoms. The van der Waals surface area contributed by atoms with Gasteiger partial charge < -0.3 is 10.3 Å². The third kappa shape index (κ3) is 1.33. The molecule has 2 N–H and O–H groups in total. The van der Waals surface area contributed by atoms with Gasteiger partial charge in [0.15, 0.2) is 16.9 Å². The average Bonchev–Trinajstić information content (AvgIpc) is 3.03. The van der Waals surface area contributed by atoms with Gasteiger partial charge in [-0.1, -0.05) is 0 Å². The maximum absolute atomic E-state index is 5.87. The molecule has 0 saturated heterocycles. The fourth-order valence-corrected chi connectivity index (χ4v) is 2.01. The summed E-state index contributed by atoms with van der Waals surface area (Å²) in [5.41, 5.74) is 7.16. The molecular weight excluding hydrogens is 225 g/mol. The molecule has 3 rings (SSSR count). The van der Waals surface area contributed by atoms with Gasteiger partial charge in [0.05, 0.1) is 9.47 Å². The number of fused-ring (bicyclic) bond motifs is 1. The number of nitrogen functional groups attached to an aromatic ring is 1. The first-order valence-electron chi connectivity index (χ1n) is 5.07. The number of aryl methyl sites for hydroxylation is 1. The van der Waals surface area contributed by atoms with Gasteiger partial charge in [-0.3, -0.25) is 0 Å². The predicted octanol–water partition coefficient (Wildman–Crippen LogP) is 0.992. The molecule has 0 spiro atoms. The van der Waals surface area contributed by atoms with E-state index in [1.165, 1.54) is 0 Å². The summed E-state index contributed by atoms with van der Waals surface area (Å²) in [6, 6.07) is 0. The van der Waals surface area contributed by atoms with E-state index in [-0.39, 0.29) is 0 Å². The van der Waals surface area contributed by atoms with Crippen LogP contribution in [0.5, 0.6) is 5.88 Å². The number of hydrogen-bond acceptors (Lipinski definition) is 5. The lowest BCUT2D eigenvalue weighted by Crippen LogP contribution is -1.99. The van der Waals surface area contributed by atoms with E-state index in [9.17, 15) is 0 Å². The van der Waals surface area contributed by atoms with Crippen molar-refractivity contribution in [3.05, 3.63) is 5.82 Å². The molecule has 1 atom stereocenters. The lowest BCUT2D eigenvalue weighted by Gasteiger charge is -2.00. The first-order valence-corrected chi connectivity index (χ1v) is 5.54. The highest BCUT2D eigenvalue weighted by atomic mass is 31.0. The van der Waals surface area contributed by atoms with Crippen LogP contribution < -0.4 is 10.3 Å². The lowest BCUT2D eigenvalue weighted by molar-refractivity contribution is 0.555. The van der Waals surface area contributed by atoms with Crippen LogP contribution in [0.15, 0.2) is 0 Å². The fourth-order valence-electron chi connectivity index (χ4n) is 1.74. The number of rotatable bonds is 2. The van der Waals surface area contributed by atoms with Crippen molar-refractivity contribution < 1.29 is 4.52 Å². The largest absolute Gasteiger partial charge is 0.462 e. The van der Waals surface area contributed by atoms with Crippen LogP contribution in [0.1, 0.15) is 24.6 Å². The van der Waals surface area contributed by atoms with E-state index in [1.807, 2.05) is 0 Å². The van der Waals surface area contributed by atoms with Gasteiger partial charge in [0, 0.05) is 13.0 Å². The lowest BCUT2D eigenvalue weighted by atomic mass is 10.3. The van der Waals surface area contributed by atoms with Crippen molar-refractivity contribution in [2.45, 2.75) is 18.8 Å². The Morgan fingerprint density at radius 3 is 2.75 bits per heavy atom. The van der Waals surface area contributed by atoms with E-state index in [0.717, 1.165) is 18.7 Å². The second kappa shape index (κ2) is 3.28. The van der Waals surface area contributed by atoms with E-state index in [1.54, 1.807) is 11.7 Å². The number of anilines is 1. The molecule has 1 saturated carbocycles. The molecule has 0 aromatic carbocycles. The van der Waals surface area contributed by atoms with Crippen molar-refractivity contribution in [2.75, 3.05) is 5.73 Å². The summed E-state index contributed by atoms with van der Waals surface area (Å²) in [5, 5.41) is 4.23. The van der Waals surface area contributed by atoms with Crippen molar-refractivity contribution in [3.8, 4) is 5.88 Å². The van der Waals surface area contributed by atoms with Crippen LogP contribution >= 0.6 is 9.47 Å². The van der Waals surface area contributed by atoms with E-state index in [2.05, 4.69) is 24.5 Å². The molecule has 16 heavy (non-hydrogen) atoms. The van der Waals surface area contributed by atoms with E-state index in [0.29, 0.717) is 28.6 Å². The average molecular weight is 237 g/mol. The SMILES string of the molecule is Cn1nc2c(N)nc(C3CC3)nc2c1OP. The molecule has 1 aliphatic rings. The van der Waals surface area contributed by atoms with Crippen molar-refractivity contribution in [2.24, 2.45) is 7.05 Å². The minimum absolute atomic E-state index is 0.427. The quantitative estimate of drug-likeness (QED) is 0.788. The molecule has 0 radical (unpaired) electrons. The smallest absolute Gasteiger partial charge is 0.241 e. The van der Waals surface area contributed by atoms with E-state index < -0.39 is 0 Å². The van der Waals surface area contributed by atoms with Crippen LogP contribution in [0.4, 0.5) is 5.82 Å². The van der Waals surface area contributed by atoms with Gasteiger partial charge in [-0.15, -0.1) is 0 Å². The molecule has 1 unspecified atom stereocenters. The molecule has 2 aromatic heterocycles. The Morgan fingerprint density at radius 1 is 1.38 bits per heavy atom. The van der Waals surface area contributed by atoms with Crippen molar-refractivity contribution >= 4 is 26.3 Å². The number of nitrogens with zero attached hydrogens (tertiary/aromatic N) is 4. The first-order chi connectivity index (χ1) is 7.70. The Kier molecular flexibility index (Phi) is 2.01. The highest BCUT2D eigenvalue weighted by Crippen LogP contribution is 2.40. The van der Waals surface area contributed by atoms with Gasteiger partial charge in [-0.2, -0.15) is 5.10 Å². The molecule has 0 aliphatic heterocycles. The van der Waals surface area contributed by atoms with Gasteiger partial charge >= 0.3 is 0 Å². The molecule has 6 nitrogen and oxygen atoms in total. The Labute approximate surface area is 94.5 Å². The molecule has 84 valence electrons. The van der Waals surface area contributed by atoms with E-state index >= 15 is 0 Å². The summed E-state index contributed by atoms with van der Waals surface area (Å²) in [6.07, 6.45) is 2.28. The highest BCUT2D eigenvalue weighted by molar-refractivity contribution is 7.10. The Bertz CT molecular complexity index is 563. The van der Waals surface area contributed by atoms with Crippen LogP contribution in [0, 0.1) is 0 Å². The molecule has 1 aliphatic carbocycles. The fraction of sp³-hybridized carbons (Fsp3) is 0.444. The molecular formula is C9H12N5OP. The van der Waals surface area contributed by atoms with Gasteiger partial charge in [0.1, 0.15) is 5.82 Å². The summed E-state index contributed by atoms with van der Waals surface area (Å²) < 4.78 is 6.79.